The van der Waals surface area contributed by atoms with Gasteiger partial charge in [-0.2, -0.15) is 4.98 Å². The van der Waals surface area contributed by atoms with Crippen molar-refractivity contribution in [2.24, 2.45) is 0 Å². The van der Waals surface area contributed by atoms with E-state index in [1.165, 1.54) is 52.8 Å². The summed E-state index contributed by atoms with van der Waals surface area (Å²) >= 11 is 1.80. The molecule has 0 bridgehead atoms. The van der Waals surface area contributed by atoms with Gasteiger partial charge in [0.15, 0.2) is 5.58 Å². The fourth-order valence-corrected chi connectivity index (χ4v) is 8.63. The Labute approximate surface area is 265 Å². The maximum atomic E-state index is 6.57. The molecule has 4 aromatic heterocycles. The van der Waals surface area contributed by atoms with Gasteiger partial charge in [-0.25, -0.2) is 0 Å². The number of nitrogens with zero attached hydrogens (tertiary/aromatic N) is 3. The molecule has 0 saturated heterocycles. The van der Waals surface area contributed by atoms with E-state index in [4.69, 9.17) is 9.40 Å². The molecule has 5 heteroatoms. The quantitative estimate of drug-likeness (QED) is 0.196. The highest BCUT2D eigenvalue weighted by Gasteiger charge is 2.21. The van der Waals surface area contributed by atoms with E-state index in [-0.39, 0.29) is 0 Å². The molecule has 0 aliphatic rings. The molecule has 0 fully saturated rings. The average molecular weight is 606 g/mol. The van der Waals surface area contributed by atoms with Gasteiger partial charge in [-0.15, -0.1) is 11.3 Å². The summed E-state index contributed by atoms with van der Waals surface area (Å²) in [5.41, 5.74) is 7.36. The lowest BCUT2D eigenvalue weighted by molar-refractivity contribution is 0.574. The summed E-state index contributed by atoms with van der Waals surface area (Å²) in [5, 5.41) is 9.71. The molecule has 0 N–H and O–H groups in total. The maximum Gasteiger partial charge on any atom is 0.307 e. The van der Waals surface area contributed by atoms with Gasteiger partial charge in [0.05, 0.1) is 22.1 Å². The number of oxazole rings is 1. The van der Waals surface area contributed by atoms with E-state index < -0.39 is 0 Å². The molecule has 0 aliphatic carbocycles. The van der Waals surface area contributed by atoms with Gasteiger partial charge in [0.1, 0.15) is 5.52 Å². The van der Waals surface area contributed by atoms with E-state index >= 15 is 0 Å². The molecule has 4 heterocycles. The monoisotopic (exact) mass is 605 g/mol. The van der Waals surface area contributed by atoms with Crippen molar-refractivity contribution in [2.75, 3.05) is 0 Å². The second-order valence-electron chi connectivity index (χ2n) is 12.0. The summed E-state index contributed by atoms with van der Waals surface area (Å²) in [6.07, 6.45) is 0. The van der Waals surface area contributed by atoms with Gasteiger partial charge < -0.3 is 8.98 Å². The Morgan fingerprint density at radius 3 is 1.96 bits per heavy atom. The number of hydrogen-bond acceptors (Lipinski definition) is 3. The molecular weight excluding hydrogens is 583 g/mol. The van der Waals surface area contributed by atoms with Crippen LogP contribution < -0.4 is 0 Å². The number of para-hydroxylation sites is 2. The Morgan fingerprint density at radius 2 is 1.13 bits per heavy atom. The van der Waals surface area contributed by atoms with Crippen molar-refractivity contribution < 1.29 is 4.42 Å². The van der Waals surface area contributed by atoms with E-state index in [0.29, 0.717) is 6.01 Å². The van der Waals surface area contributed by atoms with Crippen LogP contribution in [0.3, 0.4) is 0 Å². The minimum Gasteiger partial charge on any atom is -0.423 e. The summed E-state index contributed by atoms with van der Waals surface area (Å²) in [5.74, 6) is 0. The third-order valence-corrected chi connectivity index (χ3v) is 10.7. The number of rotatable bonds is 2. The molecule has 4 nitrogen and oxygen atoms in total. The Morgan fingerprint density at radius 1 is 0.478 bits per heavy atom. The highest BCUT2D eigenvalue weighted by atomic mass is 32.1. The lowest BCUT2D eigenvalue weighted by atomic mass is 10.1. The van der Waals surface area contributed by atoms with Crippen molar-refractivity contribution in [1.82, 2.24) is 14.1 Å². The van der Waals surface area contributed by atoms with Crippen molar-refractivity contribution >= 4 is 97.0 Å². The van der Waals surface area contributed by atoms with Crippen LogP contribution in [0.1, 0.15) is 0 Å². The second-order valence-corrected chi connectivity index (χ2v) is 13.1. The predicted molar refractivity (Wildman–Crippen MR) is 193 cm³/mol. The molecule has 0 unspecified atom stereocenters. The first-order chi connectivity index (χ1) is 22.8. The molecule has 0 aliphatic heterocycles. The first kappa shape index (κ1) is 24.4. The maximum absolute atomic E-state index is 6.57. The lowest BCUT2D eigenvalue weighted by Crippen LogP contribution is -1.96. The fraction of sp³-hybridized carbons (Fsp3) is 0. The number of thiophene rings is 1. The zero-order valence-corrected chi connectivity index (χ0v) is 25.3. The predicted octanol–water partition coefficient (Wildman–Crippen LogP) is 11.5. The van der Waals surface area contributed by atoms with Crippen LogP contribution in [0.25, 0.3) is 97.4 Å². The fourth-order valence-electron chi connectivity index (χ4n) is 7.52. The normalized spacial score (nSPS) is 12.3. The van der Waals surface area contributed by atoms with Crippen LogP contribution in [0.4, 0.5) is 0 Å². The number of fused-ring (bicyclic) bond motifs is 12. The molecule has 11 aromatic rings. The van der Waals surface area contributed by atoms with Crippen LogP contribution in [-0.2, 0) is 0 Å². The summed E-state index contributed by atoms with van der Waals surface area (Å²) in [6.45, 7) is 0. The molecule has 0 spiro atoms. The minimum atomic E-state index is 0.583. The van der Waals surface area contributed by atoms with Crippen molar-refractivity contribution in [1.29, 1.82) is 0 Å². The smallest absolute Gasteiger partial charge is 0.307 e. The molecular formula is C41H23N3OS. The molecule has 0 saturated carbocycles. The molecule has 7 aromatic carbocycles. The van der Waals surface area contributed by atoms with Gasteiger partial charge >= 0.3 is 6.01 Å². The minimum absolute atomic E-state index is 0.583. The lowest BCUT2D eigenvalue weighted by Gasteiger charge is -2.09. The van der Waals surface area contributed by atoms with Gasteiger partial charge in [-0.05, 0) is 71.4 Å². The highest BCUT2D eigenvalue weighted by molar-refractivity contribution is 7.26. The van der Waals surface area contributed by atoms with Gasteiger partial charge in [0.25, 0.3) is 0 Å². The highest BCUT2D eigenvalue weighted by Crippen LogP contribution is 2.41. The van der Waals surface area contributed by atoms with Gasteiger partial charge in [0, 0.05) is 47.4 Å². The SMILES string of the molecule is c1ccc2cc3c(cc2c1)c1ccccc1n3-c1ccc2c(c1)c1ccccc1n2-c1nc2c(ccc3sc4ccccc4c32)o1. The van der Waals surface area contributed by atoms with Crippen molar-refractivity contribution in [2.45, 2.75) is 0 Å². The zero-order valence-electron chi connectivity index (χ0n) is 24.4. The molecule has 46 heavy (non-hydrogen) atoms. The Hall–Kier alpha value is -5.91. The third-order valence-electron chi connectivity index (χ3n) is 9.53. The number of hydrogen-bond donors (Lipinski definition) is 0. The number of aromatic nitrogens is 3. The molecule has 0 amide bonds. The second kappa shape index (κ2) is 8.84. The van der Waals surface area contributed by atoms with E-state index in [2.05, 4.69) is 149 Å². The average Bonchev–Trinajstić information content (AvgIpc) is 3.85. The van der Waals surface area contributed by atoms with Crippen LogP contribution in [0.5, 0.6) is 0 Å². The third kappa shape index (κ3) is 3.19. The summed E-state index contributed by atoms with van der Waals surface area (Å²) in [6, 6.07) is 50.6. The molecule has 214 valence electrons. The Kier molecular flexibility index (Phi) is 4.69. The first-order valence-electron chi connectivity index (χ1n) is 15.5. The van der Waals surface area contributed by atoms with Crippen molar-refractivity contribution in [3.05, 3.63) is 140 Å². The molecule has 11 rings (SSSR count). The van der Waals surface area contributed by atoms with Crippen LogP contribution in [0.2, 0.25) is 0 Å². The first-order valence-corrected chi connectivity index (χ1v) is 16.3. The summed E-state index contributed by atoms with van der Waals surface area (Å²) < 4.78 is 13.6. The van der Waals surface area contributed by atoms with E-state index in [9.17, 15) is 0 Å². The molecule has 0 atom stereocenters. The molecule has 0 radical (unpaired) electrons. The van der Waals surface area contributed by atoms with Crippen molar-refractivity contribution in [3.63, 3.8) is 0 Å². The van der Waals surface area contributed by atoms with E-state index in [0.717, 1.165) is 38.6 Å². The zero-order chi connectivity index (χ0) is 29.9. The van der Waals surface area contributed by atoms with E-state index in [1.54, 1.807) is 11.3 Å². The topological polar surface area (TPSA) is 35.9 Å². The van der Waals surface area contributed by atoms with Crippen LogP contribution in [-0.4, -0.2) is 14.1 Å². The van der Waals surface area contributed by atoms with Crippen LogP contribution in [0, 0.1) is 0 Å². The van der Waals surface area contributed by atoms with Gasteiger partial charge in [-0.3, -0.25) is 4.57 Å². The van der Waals surface area contributed by atoms with Crippen LogP contribution >= 0.6 is 11.3 Å². The largest absolute Gasteiger partial charge is 0.423 e. The summed E-state index contributed by atoms with van der Waals surface area (Å²) in [7, 11) is 0. The summed E-state index contributed by atoms with van der Waals surface area (Å²) in [4.78, 5) is 5.19. The standard InChI is InChI=1S/C41H23N3OS/c1-2-10-25-22-35-30(21-24(25)9-1)27-11-3-6-14-32(27)43(35)26-17-18-34-31(23-26)28-12-4-7-15-33(28)44(34)41-42-40-36(45-41)19-20-38-39(40)29-13-5-8-16-37(29)46-38/h1-23H. The van der Waals surface area contributed by atoms with Gasteiger partial charge in [-0.1, -0.05) is 78.9 Å². The Bertz CT molecular complexity index is 3040. The van der Waals surface area contributed by atoms with Crippen molar-refractivity contribution in [3.8, 4) is 11.7 Å². The Balaban J connectivity index is 1.19. The van der Waals surface area contributed by atoms with Crippen LogP contribution in [0.15, 0.2) is 144 Å². The number of benzene rings is 7. The van der Waals surface area contributed by atoms with E-state index in [1.807, 2.05) is 0 Å². The van der Waals surface area contributed by atoms with Gasteiger partial charge in [0.2, 0.25) is 0 Å².